The van der Waals surface area contributed by atoms with Crippen molar-refractivity contribution in [3.05, 3.63) is 28.3 Å². The van der Waals surface area contributed by atoms with Gasteiger partial charge in [0.25, 0.3) is 5.69 Å². The topological polar surface area (TPSA) is 93.5 Å². The Morgan fingerprint density at radius 3 is 2.85 bits per heavy atom. The summed E-state index contributed by atoms with van der Waals surface area (Å²) < 4.78 is 5.12. The molecule has 1 amide bonds. The van der Waals surface area contributed by atoms with Gasteiger partial charge < -0.3 is 15.4 Å². The molecule has 20 heavy (non-hydrogen) atoms. The van der Waals surface area contributed by atoms with Crippen LogP contribution in [-0.4, -0.2) is 31.0 Å². The molecule has 1 aromatic rings. The van der Waals surface area contributed by atoms with E-state index in [4.69, 9.17) is 4.74 Å². The van der Waals surface area contributed by atoms with E-state index in [-0.39, 0.29) is 11.6 Å². The molecular weight excluding hydrogens is 262 g/mol. The number of hydrogen-bond donors (Lipinski definition) is 2. The number of benzene rings is 1. The highest BCUT2D eigenvalue weighted by Crippen LogP contribution is 2.32. The zero-order valence-corrected chi connectivity index (χ0v) is 11.4. The Labute approximate surface area is 116 Å². The smallest absolute Gasteiger partial charge is 0.271 e. The van der Waals surface area contributed by atoms with Gasteiger partial charge in [-0.15, -0.1) is 0 Å². The molecule has 1 aliphatic heterocycles. The summed E-state index contributed by atoms with van der Waals surface area (Å²) in [5.41, 5.74) is -0.272. The van der Waals surface area contributed by atoms with Crippen LogP contribution >= 0.6 is 0 Å². The number of amides is 1. The summed E-state index contributed by atoms with van der Waals surface area (Å²) >= 11 is 0. The summed E-state index contributed by atoms with van der Waals surface area (Å²) in [6.45, 7) is 3.25. The van der Waals surface area contributed by atoms with Crippen LogP contribution < -0.4 is 15.4 Å². The molecule has 1 fully saturated rings. The fourth-order valence-corrected chi connectivity index (χ4v) is 2.19. The molecule has 0 aromatic heterocycles. The Hall–Kier alpha value is -2.15. The van der Waals surface area contributed by atoms with Gasteiger partial charge in [-0.2, -0.15) is 0 Å². The molecule has 108 valence electrons. The van der Waals surface area contributed by atoms with Crippen molar-refractivity contribution in [3.8, 4) is 5.75 Å². The van der Waals surface area contributed by atoms with E-state index in [0.717, 1.165) is 13.0 Å². The third-order valence-electron chi connectivity index (χ3n) is 3.56. The fourth-order valence-electron chi connectivity index (χ4n) is 2.19. The van der Waals surface area contributed by atoms with E-state index in [2.05, 4.69) is 10.6 Å². The lowest BCUT2D eigenvalue weighted by Crippen LogP contribution is -2.35. The maximum Gasteiger partial charge on any atom is 0.271 e. The Bertz CT molecular complexity index is 538. The first-order valence-corrected chi connectivity index (χ1v) is 6.31. The zero-order valence-electron chi connectivity index (χ0n) is 11.4. The van der Waals surface area contributed by atoms with Gasteiger partial charge in [0.15, 0.2) is 0 Å². The van der Waals surface area contributed by atoms with E-state index in [1.54, 1.807) is 0 Å². The standard InChI is InChI=1S/C13H17N3O4/c1-13(5-6-14-8-13)12(17)15-10-7-9(16(18)19)3-4-11(10)20-2/h3-4,7,14H,5-6,8H2,1-2H3,(H,15,17). The molecule has 0 spiro atoms. The number of hydrogen-bond acceptors (Lipinski definition) is 5. The average Bonchev–Trinajstić information content (AvgIpc) is 2.87. The second-order valence-corrected chi connectivity index (χ2v) is 5.08. The van der Waals surface area contributed by atoms with Crippen molar-refractivity contribution in [2.75, 3.05) is 25.5 Å². The van der Waals surface area contributed by atoms with E-state index < -0.39 is 10.3 Å². The Morgan fingerprint density at radius 1 is 1.55 bits per heavy atom. The molecule has 0 saturated carbocycles. The van der Waals surface area contributed by atoms with E-state index in [1.165, 1.54) is 25.3 Å². The molecule has 1 aliphatic rings. The molecular formula is C13H17N3O4. The summed E-state index contributed by atoms with van der Waals surface area (Å²) in [6.07, 6.45) is 0.732. The van der Waals surface area contributed by atoms with Crippen molar-refractivity contribution in [2.45, 2.75) is 13.3 Å². The zero-order chi connectivity index (χ0) is 14.8. The van der Waals surface area contributed by atoms with Gasteiger partial charge in [-0.25, -0.2) is 0 Å². The minimum atomic E-state index is -0.506. The van der Waals surface area contributed by atoms with Crippen molar-refractivity contribution >= 4 is 17.3 Å². The minimum absolute atomic E-state index is 0.0872. The maximum atomic E-state index is 12.3. The summed E-state index contributed by atoms with van der Waals surface area (Å²) in [7, 11) is 1.45. The van der Waals surface area contributed by atoms with Crippen molar-refractivity contribution in [3.63, 3.8) is 0 Å². The maximum absolute atomic E-state index is 12.3. The third-order valence-corrected chi connectivity index (χ3v) is 3.56. The van der Waals surface area contributed by atoms with Crippen LogP contribution in [0.1, 0.15) is 13.3 Å². The number of nitro benzene ring substituents is 1. The molecule has 1 aromatic carbocycles. The predicted octanol–water partition coefficient (Wildman–Crippen LogP) is 1.54. The summed E-state index contributed by atoms with van der Waals surface area (Å²) in [6, 6.07) is 4.12. The molecule has 2 N–H and O–H groups in total. The number of nitrogens with one attached hydrogen (secondary N) is 2. The second kappa shape index (κ2) is 5.46. The van der Waals surface area contributed by atoms with Gasteiger partial charge in [0.05, 0.1) is 23.1 Å². The van der Waals surface area contributed by atoms with Gasteiger partial charge in [-0.1, -0.05) is 0 Å². The SMILES string of the molecule is COc1ccc([N+](=O)[O-])cc1NC(=O)C1(C)CCNC1. The normalized spacial score (nSPS) is 21.5. The Morgan fingerprint density at radius 2 is 2.30 bits per heavy atom. The van der Waals surface area contributed by atoms with Crippen LogP contribution in [0.4, 0.5) is 11.4 Å². The van der Waals surface area contributed by atoms with Crippen LogP contribution in [-0.2, 0) is 4.79 Å². The number of nitrogens with zero attached hydrogens (tertiary/aromatic N) is 1. The van der Waals surface area contributed by atoms with Crippen LogP contribution in [0.25, 0.3) is 0 Å². The molecule has 0 bridgehead atoms. The highest BCUT2D eigenvalue weighted by molar-refractivity contribution is 5.97. The van der Waals surface area contributed by atoms with E-state index in [9.17, 15) is 14.9 Å². The predicted molar refractivity (Wildman–Crippen MR) is 73.9 cm³/mol. The van der Waals surface area contributed by atoms with Crippen LogP contribution in [0.2, 0.25) is 0 Å². The van der Waals surface area contributed by atoms with Crippen LogP contribution in [0, 0.1) is 15.5 Å². The second-order valence-electron chi connectivity index (χ2n) is 5.08. The van der Waals surface area contributed by atoms with Gasteiger partial charge in [-0.05, 0) is 26.0 Å². The quantitative estimate of drug-likeness (QED) is 0.644. The number of methoxy groups -OCH3 is 1. The molecule has 1 unspecified atom stereocenters. The minimum Gasteiger partial charge on any atom is -0.495 e. The fraction of sp³-hybridized carbons (Fsp3) is 0.462. The largest absolute Gasteiger partial charge is 0.495 e. The van der Waals surface area contributed by atoms with Crippen molar-refractivity contribution in [2.24, 2.45) is 5.41 Å². The van der Waals surface area contributed by atoms with Gasteiger partial charge in [0.2, 0.25) is 5.91 Å². The van der Waals surface area contributed by atoms with Gasteiger partial charge >= 0.3 is 0 Å². The summed E-state index contributed by atoms with van der Waals surface area (Å²) in [5.74, 6) is 0.236. The van der Waals surface area contributed by atoms with E-state index in [1.807, 2.05) is 6.92 Å². The Balaban J connectivity index is 2.25. The first-order chi connectivity index (χ1) is 9.46. The number of anilines is 1. The number of ether oxygens (including phenoxy) is 1. The number of rotatable bonds is 4. The summed E-state index contributed by atoms with van der Waals surface area (Å²) in [5, 5.41) is 16.7. The molecule has 7 heteroatoms. The van der Waals surface area contributed by atoms with E-state index >= 15 is 0 Å². The molecule has 7 nitrogen and oxygen atoms in total. The summed E-state index contributed by atoms with van der Waals surface area (Å²) in [4.78, 5) is 22.6. The molecule has 0 aliphatic carbocycles. The lowest BCUT2D eigenvalue weighted by atomic mass is 9.88. The highest BCUT2D eigenvalue weighted by Gasteiger charge is 2.36. The molecule has 2 rings (SSSR count). The number of nitro groups is 1. The monoisotopic (exact) mass is 279 g/mol. The number of carbonyl (C=O) groups is 1. The van der Waals surface area contributed by atoms with E-state index in [0.29, 0.717) is 18.0 Å². The number of carbonyl (C=O) groups excluding carboxylic acids is 1. The van der Waals surface area contributed by atoms with Crippen molar-refractivity contribution in [1.29, 1.82) is 0 Å². The van der Waals surface area contributed by atoms with Crippen LogP contribution in [0.3, 0.4) is 0 Å². The van der Waals surface area contributed by atoms with Crippen molar-refractivity contribution < 1.29 is 14.5 Å². The molecule has 1 heterocycles. The first-order valence-electron chi connectivity index (χ1n) is 6.31. The molecule has 1 atom stereocenters. The van der Waals surface area contributed by atoms with Crippen LogP contribution in [0.5, 0.6) is 5.75 Å². The van der Waals surface area contributed by atoms with Gasteiger partial charge in [0.1, 0.15) is 5.75 Å². The molecule has 0 radical (unpaired) electrons. The van der Waals surface area contributed by atoms with Gasteiger partial charge in [-0.3, -0.25) is 14.9 Å². The first kappa shape index (κ1) is 14.3. The van der Waals surface area contributed by atoms with Crippen molar-refractivity contribution in [1.82, 2.24) is 5.32 Å². The molecule has 1 saturated heterocycles. The van der Waals surface area contributed by atoms with Crippen LogP contribution in [0.15, 0.2) is 18.2 Å². The lowest BCUT2D eigenvalue weighted by Gasteiger charge is -2.22. The Kier molecular flexibility index (Phi) is 3.89. The average molecular weight is 279 g/mol. The highest BCUT2D eigenvalue weighted by atomic mass is 16.6. The third kappa shape index (κ3) is 2.72. The number of non-ortho nitro benzene ring substituents is 1. The lowest BCUT2D eigenvalue weighted by molar-refractivity contribution is -0.384. The van der Waals surface area contributed by atoms with Gasteiger partial charge in [0, 0.05) is 18.7 Å².